The number of piperazine rings is 1. The second-order valence-corrected chi connectivity index (χ2v) is 10.8. The average molecular weight is 557 g/mol. The van der Waals surface area contributed by atoms with E-state index >= 15 is 0 Å². The number of piperidine rings is 1. The van der Waals surface area contributed by atoms with E-state index < -0.39 is 6.09 Å². The lowest BCUT2D eigenvalue weighted by Gasteiger charge is -2.35. The SMILES string of the molecule is CCC1CCCCN1Cc1ccc(C(=O)Nc2ccc(OC(=O)N3CCN(CCc4ccccn4)CC3)nc2)cc1. The number of nitrogens with one attached hydrogen (secondary N) is 1. The number of rotatable bonds is 9. The molecule has 4 heterocycles. The summed E-state index contributed by atoms with van der Waals surface area (Å²) in [6, 6.07) is 17.7. The number of nitrogens with zero attached hydrogens (tertiary/aromatic N) is 5. The van der Waals surface area contributed by atoms with E-state index in [1.807, 2.05) is 48.7 Å². The number of hydrogen-bond acceptors (Lipinski definition) is 7. The highest BCUT2D eigenvalue weighted by Crippen LogP contribution is 2.22. The number of aromatic nitrogens is 2. The summed E-state index contributed by atoms with van der Waals surface area (Å²) in [6.07, 6.45) is 8.83. The third-order valence-electron chi connectivity index (χ3n) is 8.05. The molecule has 2 amide bonds. The molecule has 0 aliphatic carbocycles. The Morgan fingerprint density at radius 1 is 0.951 bits per heavy atom. The molecule has 2 fully saturated rings. The fourth-order valence-corrected chi connectivity index (χ4v) is 5.57. The van der Waals surface area contributed by atoms with Crippen LogP contribution in [0.5, 0.6) is 5.88 Å². The first kappa shape index (κ1) is 28.7. The lowest BCUT2D eigenvalue weighted by atomic mass is 9.99. The van der Waals surface area contributed by atoms with Crippen molar-refractivity contribution in [3.63, 3.8) is 0 Å². The van der Waals surface area contributed by atoms with Crippen molar-refractivity contribution in [3.05, 3.63) is 83.8 Å². The van der Waals surface area contributed by atoms with Crippen molar-refractivity contribution in [2.75, 3.05) is 44.6 Å². The molecule has 2 saturated heterocycles. The standard InChI is InChI=1S/C32H40N6O3/c1-2-29-8-4-6-17-38(29)24-25-9-11-26(12-10-25)31(39)35-28-13-14-30(34-23-28)41-32(40)37-21-19-36(20-22-37)18-15-27-7-3-5-16-33-27/h3,5,7,9-14,16,23,29H,2,4,6,8,15,17-22,24H2,1H3,(H,35,39). The number of benzene rings is 1. The second kappa shape index (κ2) is 14.2. The van der Waals surface area contributed by atoms with Crippen LogP contribution in [0, 0.1) is 0 Å². The first-order valence-electron chi connectivity index (χ1n) is 14.8. The maximum absolute atomic E-state index is 12.8. The van der Waals surface area contributed by atoms with Crippen LogP contribution in [-0.4, -0.2) is 82.0 Å². The van der Waals surface area contributed by atoms with Crippen molar-refractivity contribution in [1.29, 1.82) is 0 Å². The molecule has 0 radical (unpaired) electrons. The molecule has 5 rings (SSSR count). The van der Waals surface area contributed by atoms with Crippen LogP contribution in [0.3, 0.4) is 0 Å². The van der Waals surface area contributed by atoms with Crippen LogP contribution in [0.25, 0.3) is 0 Å². The molecule has 0 spiro atoms. The van der Waals surface area contributed by atoms with E-state index in [9.17, 15) is 9.59 Å². The third-order valence-corrected chi connectivity index (χ3v) is 8.05. The summed E-state index contributed by atoms with van der Waals surface area (Å²) in [7, 11) is 0. The van der Waals surface area contributed by atoms with E-state index in [1.165, 1.54) is 37.4 Å². The summed E-state index contributed by atoms with van der Waals surface area (Å²) in [4.78, 5) is 40.6. The van der Waals surface area contributed by atoms with Gasteiger partial charge in [-0.2, -0.15) is 0 Å². The summed E-state index contributed by atoms with van der Waals surface area (Å²) in [6.45, 7) is 8.02. The van der Waals surface area contributed by atoms with Gasteiger partial charge in [-0.25, -0.2) is 9.78 Å². The number of carbonyl (C=O) groups is 2. The average Bonchev–Trinajstić information content (AvgIpc) is 3.02. The van der Waals surface area contributed by atoms with Gasteiger partial charge in [0, 0.05) is 75.3 Å². The molecule has 2 aliphatic heterocycles. The molecule has 0 bridgehead atoms. The maximum Gasteiger partial charge on any atom is 0.416 e. The number of hydrogen-bond donors (Lipinski definition) is 1. The van der Waals surface area contributed by atoms with Crippen molar-refractivity contribution in [2.45, 2.75) is 51.6 Å². The minimum absolute atomic E-state index is 0.201. The molecule has 0 saturated carbocycles. The zero-order valence-electron chi connectivity index (χ0n) is 23.9. The Balaban J connectivity index is 1.05. The van der Waals surface area contributed by atoms with Crippen molar-refractivity contribution >= 4 is 17.7 Å². The molecule has 41 heavy (non-hydrogen) atoms. The Hall–Kier alpha value is -3.82. The largest absolute Gasteiger partial charge is 0.416 e. The van der Waals surface area contributed by atoms with Crippen LogP contribution < -0.4 is 10.1 Å². The molecule has 2 aromatic heterocycles. The highest BCUT2D eigenvalue weighted by Gasteiger charge is 2.23. The normalized spacial score (nSPS) is 18.2. The number of likely N-dealkylation sites (tertiary alicyclic amines) is 1. The minimum atomic E-state index is -0.409. The van der Waals surface area contributed by atoms with Gasteiger partial charge in [-0.3, -0.25) is 19.6 Å². The van der Waals surface area contributed by atoms with Gasteiger partial charge < -0.3 is 15.0 Å². The molecular formula is C32H40N6O3. The fraction of sp³-hybridized carbons (Fsp3) is 0.438. The predicted octanol–water partition coefficient (Wildman–Crippen LogP) is 4.85. The van der Waals surface area contributed by atoms with Gasteiger partial charge in [-0.05, 0) is 61.7 Å². The van der Waals surface area contributed by atoms with Crippen LogP contribution in [0.1, 0.15) is 54.2 Å². The highest BCUT2D eigenvalue weighted by atomic mass is 16.6. The van der Waals surface area contributed by atoms with Crippen LogP contribution in [0.15, 0.2) is 67.0 Å². The van der Waals surface area contributed by atoms with E-state index in [4.69, 9.17) is 4.74 Å². The topological polar surface area (TPSA) is 90.9 Å². The van der Waals surface area contributed by atoms with E-state index in [0.29, 0.717) is 30.4 Å². The van der Waals surface area contributed by atoms with Crippen molar-refractivity contribution in [2.24, 2.45) is 0 Å². The molecule has 1 aromatic carbocycles. The van der Waals surface area contributed by atoms with E-state index in [1.54, 1.807) is 17.0 Å². The Morgan fingerprint density at radius 3 is 2.49 bits per heavy atom. The molecule has 3 aromatic rings. The van der Waals surface area contributed by atoms with Crippen LogP contribution >= 0.6 is 0 Å². The number of ether oxygens (including phenoxy) is 1. The lowest BCUT2D eigenvalue weighted by Crippen LogP contribution is -2.50. The lowest BCUT2D eigenvalue weighted by molar-refractivity contribution is 0.102. The van der Waals surface area contributed by atoms with Gasteiger partial charge in [-0.15, -0.1) is 0 Å². The molecule has 1 atom stereocenters. The molecule has 9 nitrogen and oxygen atoms in total. The van der Waals surface area contributed by atoms with E-state index in [2.05, 4.69) is 32.0 Å². The first-order chi connectivity index (χ1) is 20.1. The van der Waals surface area contributed by atoms with Gasteiger partial charge in [0.2, 0.25) is 5.88 Å². The molecule has 9 heteroatoms. The minimum Gasteiger partial charge on any atom is -0.391 e. The first-order valence-corrected chi connectivity index (χ1v) is 14.8. The molecule has 1 unspecified atom stereocenters. The summed E-state index contributed by atoms with van der Waals surface area (Å²) in [5.74, 6) is 0.00597. The van der Waals surface area contributed by atoms with E-state index in [-0.39, 0.29) is 11.8 Å². The van der Waals surface area contributed by atoms with Gasteiger partial charge >= 0.3 is 6.09 Å². The van der Waals surface area contributed by atoms with Crippen molar-refractivity contribution < 1.29 is 14.3 Å². The fourth-order valence-electron chi connectivity index (χ4n) is 5.57. The molecule has 216 valence electrons. The number of amides is 2. The van der Waals surface area contributed by atoms with Crippen LogP contribution in [0.4, 0.5) is 10.5 Å². The predicted molar refractivity (Wildman–Crippen MR) is 159 cm³/mol. The highest BCUT2D eigenvalue weighted by molar-refractivity contribution is 6.04. The Labute approximate surface area is 242 Å². The molecule has 2 aliphatic rings. The molecule has 1 N–H and O–H groups in total. The van der Waals surface area contributed by atoms with Crippen molar-refractivity contribution in [1.82, 2.24) is 24.7 Å². The second-order valence-electron chi connectivity index (χ2n) is 10.8. The maximum atomic E-state index is 12.8. The molecular weight excluding hydrogens is 516 g/mol. The summed E-state index contributed by atoms with van der Waals surface area (Å²) < 4.78 is 5.48. The van der Waals surface area contributed by atoms with Gasteiger partial charge in [0.15, 0.2) is 0 Å². The Kier molecular flexibility index (Phi) is 9.93. The quantitative estimate of drug-likeness (QED) is 0.403. The van der Waals surface area contributed by atoms with E-state index in [0.717, 1.165) is 44.8 Å². The number of anilines is 1. The number of pyridine rings is 2. The van der Waals surface area contributed by atoms with Gasteiger partial charge in [-0.1, -0.05) is 31.5 Å². The summed E-state index contributed by atoms with van der Waals surface area (Å²) >= 11 is 0. The Morgan fingerprint density at radius 2 is 1.78 bits per heavy atom. The van der Waals surface area contributed by atoms with Crippen LogP contribution in [0.2, 0.25) is 0 Å². The third kappa shape index (κ3) is 8.11. The summed E-state index contributed by atoms with van der Waals surface area (Å²) in [5, 5.41) is 2.88. The van der Waals surface area contributed by atoms with Gasteiger partial charge in [0.05, 0.1) is 11.9 Å². The van der Waals surface area contributed by atoms with Gasteiger partial charge in [0.1, 0.15) is 0 Å². The number of carbonyl (C=O) groups excluding carboxylic acids is 2. The smallest absolute Gasteiger partial charge is 0.391 e. The van der Waals surface area contributed by atoms with Gasteiger partial charge in [0.25, 0.3) is 5.91 Å². The zero-order chi connectivity index (χ0) is 28.4. The monoisotopic (exact) mass is 556 g/mol. The summed E-state index contributed by atoms with van der Waals surface area (Å²) in [5.41, 5.74) is 3.43. The van der Waals surface area contributed by atoms with Crippen molar-refractivity contribution in [3.8, 4) is 5.88 Å². The van der Waals surface area contributed by atoms with Crippen LogP contribution in [-0.2, 0) is 13.0 Å². The Bertz CT molecular complexity index is 1260. The zero-order valence-corrected chi connectivity index (χ0v) is 23.9.